The lowest BCUT2D eigenvalue weighted by molar-refractivity contribution is -0.426. The summed E-state index contributed by atoms with van der Waals surface area (Å²) in [7, 11) is 0. The summed E-state index contributed by atoms with van der Waals surface area (Å²) >= 11 is 0. The largest absolute Gasteiger partial charge is 0.475 e. The van der Waals surface area contributed by atoms with Crippen molar-refractivity contribution in [2.45, 2.75) is 24.4 Å². The van der Waals surface area contributed by atoms with Gasteiger partial charge >= 0.3 is 24.4 Å². The molecule has 0 N–H and O–H groups in total. The molecule has 0 atom stereocenters. The number of hydrogen-bond acceptors (Lipinski definition) is 1. The van der Waals surface area contributed by atoms with Crippen LogP contribution in [0, 0.1) is 0 Å². The fraction of sp³-hybridized carbons (Fsp3) is 0.667. The molecule has 0 aromatic rings. The smallest absolute Gasteiger partial charge is 0.211 e. The van der Waals surface area contributed by atoms with Gasteiger partial charge in [-0.05, 0) is 0 Å². The second kappa shape index (κ2) is 4.67. The van der Waals surface area contributed by atoms with Crippen molar-refractivity contribution in [3.63, 3.8) is 0 Å². The fourth-order valence-corrected chi connectivity index (χ4v) is 0.747. The highest BCUT2D eigenvalue weighted by Crippen LogP contribution is 2.50. The Morgan fingerprint density at radius 3 is 1.11 bits per heavy atom. The van der Waals surface area contributed by atoms with Crippen LogP contribution in [0.15, 0.2) is 12.3 Å². The van der Waals surface area contributed by atoms with Crippen LogP contribution in [0.3, 0.4) is 0 Å². The Morgan fingerprint density at radius 2 is 0.947 bits per heavy atom. The summed E-state index contributed by atoms with van der Waals surface area (Å²) in [6.07, 6.45) is -15.9. The van der Waals surface area contributed by atoms with Gasteiger partial charge in [-0.3, -0.25) is 0 Å². The third-order valence-corrected chi connectivity index (χ3v) is 1.55. The molecule has 19 heavy (non-hydrogen) atoms. The zero-order valence-corrected chi connectivity index (χ0v) is 8.06. The molecular weight excluding hydrogens is 314 g/mol. The Morgan fingerprint density at radius 1 is 0.684 bits per heavy atom. The minimum absolute atomic E-state index is 1.89. The van der Waals surface area contributed by atoms with Crippen molar-refractivity contribution in [2.75, 3.05) is 0 Å². The van der Waals surface area contributed by atoms with Crippen LogP contribution < -0.4 is 0 Å². The molecule has 0 aliphatic carbocycles. The average molecular weight is 315 g/mol. The van der Waals surface area contributed by atoms with E-state index in [1.165, 1.54) is 0 Å². The number of halogens is 12. The maximum Gasteiger partial charge on any atom is 0.475 e. The normalized spacial score (nSPS) is 15.7. The van der Waals surface area contributed by atoms with Gasteiger partial charge in [-0.25, -0.2) is 9.29 Å². The van der Waals surface area contributed by atoms with Gasteiger partial charge in [-0.1, -0.05) is 0 Å². The molecular formula is C6HF12N. The molecule has 0 aromatic heterocycles. The highest BCUT2D eigenvalue weighted by molar-refractivity contribution is 4.99. The molecule has 0 fully saturated rings. The molecule has 0 spiro atoms. The Kier molecular flexibility index (Phi) is 4.35. The minimum atomic E-state index is -7.01. The molecule has 0 heterocycles. The first kappa shape index (κ1) is 17.7. The molecule has 0 aliphatic heterocycles. The molecule has 0 saturated carbocycles. The van der Waals surface area contributed by atoms with Crippen LogP contribution in [-0.4, -0.2) is 29.3 Å². The predicted octanol–water partition coefficient (Wildman–Crippen LogP) is 4.34. The van der Waals surface area contributed by atoms with Gasteiger partial charge in [-0.2, -0.15) is 48.3 Å². The van der Waals surface area contributed by atoms with Gasteiger partial charge in [-0.15, -0.1) is 0 Å². The first-order chi connectivity index (χ1) is 8.10. The lowest BCUT2D eigenvalue weighted by Gasteiger charge is -2.37. The Bertz CT molecular complexity index is 322. The van der Waals surface area contributed by atoms with E-state index < -0.39 is 41.6 Å². The van der Waals surface area contributed by atoms with Crippen molar-refractivity contribution < 1.29 is 52.7 Å². The quantitative estimate of drug-likeness (QED) is 0.553. The van der Waals surface area contributed by atoms with E-state index in [4.69, 9.17) is 0 Å². The van der Waals surface area contributed by atoms with Crippen molar-refractivity contribution in [3.05, 3.63) is 12.3 Å². The number of rotatable bonds is 3. The molecule has 0 saturated heterocycles. The van der Waals surface area contributed by atoms with E-state index in [2.05, 4.69) is 0 Å². The van der Waals surface area contributed by atoms with Crippen LogP contribution >= 0.6 is 0 Å². The van der Waals surface area contributed by atoms with Crippen molar-refractivity contribution in [1.29, 1.82) is 0 Å². The number of alkyl halides is 10. The van der Waals surface area contributed by atoms with E-state index >= 15 is 0 Å². The Balaban J connectivity index is 6.04. The molecule has 13 heteroatoms. The van der Waals surface area contributed by atoms with Gasteiger partial charge < -0.3 is 0 Å². The standard InChI is InChI=1S/C6HF12N/c7-1-2(8)19(5(15,16)3(9,10)11)6(17,18)4(12,13)14/h1H/b2-1-. The Hall–Kier alpha value is -1.30. The van der Waals surface area contributed by atoms with Gasteiger partial charge in [0.15, 0.2) is 0 Å². The highest BCUT2D eigenvalue weighted by atomic mass is 19.4. The predicted molar refractivity (Wildman–Crippen MR) is 34.1 cm³/mol. The molecule has 0 bridgehead atoms. The van der Waals surface area contributed by atoms with Crippen LogP contribution in [0.4, 0.5) is 52.7 Å². The molecule has 0 aromatic carbocycles. The first-order valence-corrected chi connectivity index (χ1v) is 3.76. The summed E-state index contributed by atoms with van der Waals surface area (Å²) in [6, 6.07) is -14.0. The van der Waals surface area contributed by atoms with Gasteiger partial charge in [0.05, 0.1) is 0 Å². The van der Waals surface area contributed by atoms with Gasteiger partial charge in [0.2, 0.25) is 5.95 Å². The summed E-state index contributed by atoms with van der Waals surface area (Å²) in [5.74, 6) is -3.75. The van der Waals surface area contributed by atoms with E-state index in [-0.39, 0.29) is 0 Å². The third-order valence-electron chi connectivity index (χ3n) is 1.55. The molecule has 0 amide bonds. The van der Waals surface area contributed by atoms with Crippen LogP contribution in [-0.2, 0) is 0 Å². The van der Waals surface area contributed by atoms with Crippen molar-refractivity contribution in [3.8, 4) is 0 Å². The molecule has 114 valence electrons. The van der Waals surface area contributed by atoms with E-state index in [1.54, 1.807) is 0 Å². The van der Waals surface area contributed by atoms with E-state index in [1.807, 2.05) is 0 Å². The molecule has 0 unspecified atom stereocenters. The average Bonchev–Trinajstić information content (AvgIpc) is 2.12. The highest BCUT2D eigenvalue weighted by Gasteiger charge is 2.75. The first-order valence-electron chi connectivity index (χ1n) is 3.76. The van der Waals surface area contributed by atoms with Crippen LogP contribution in [0.5, 0.6) is 0 Å². The zero-order valence-electron chi connectivity index (χ0n) is 8.06. The van der Waals surface area contributed by atoms with E-state index in [9.17, 15) is 52.7 Å². The molecule has 1 nitrogen and oxygen atoms in total. The fourth-order valence-electron chi connectivity index (χ4n) is 0.747. The Labute approximate surface area is 95.6 Å². The summed E-state index contributed by atoms with van der Waals surface area (Å²) < 4.78 is 144. The van der Waals surface area contributed by atoms with Crippen LogP contribution in [0.25, 0.3) is 0 Å². The third kappa shape index (κ3) is 3.00. The topological polar surface area (TPSA) is 3.24 Å². The lowest BCUT2D eigenvalue weighted by Crippen LogP contribution is -2.63. The maximum atomic E-state index is 12.4. The SMILES string of the molecule is F/C=C(/F)N(C(F)(F)C(F)(F)F)C(F)(F)C(F)(F)F. The number of nitrogens with zero attached hydrogens (tertiary/aromatic N) is 1. The number of hydrogen-bond donors (Lipinski definition) is 0. The monoisotopic (exact) mass is 315 g/mol. The second-order valence-corrected chi connectivity index (χ2v) is 2.85. The molecule has 0 aliphatic rings. The zero-order chi connectivity index (χ0) is 15.9. The van der Waals surface area contributed by atoms with Crippen molar-refractivity contribution in [1.82, 2.24) is 4.90 Å². The maximum absolute atomic E-state index is 12.4. The van der Waals surface area contributed by atoms with Crippen LogP contribution in [0.2, 0.25) is 0 Å². The van der Waals surface area contributed by atoms with E-state index in [0.29, 0.717) is 0 Å². The van der Waals surface area contributed by atoms with Gasteiger partial charge in [0.25, 0.3) is 0 Å². The summed E-state index contributed by atoms with van der Waals surface area (Å²) in [6.45, 7) is 0. The summed E-state index contributed by atoms with van der Waals surface area (Å²) in [5.41, 5.74) is 0. The van der Waals surface area contributed by atoms with Gasteiger partial charge in [0.1, 0.15) is 6.33 Å². The van der Waals surface area contributed by atoms with Crippen molar-refractivity contribution in [2.24, 2.45) is 0 Å². The van der Waals surface area contributed by atoms with Gasteiger partial charge in [0, 0.05) is 0 Å². The van der Waals surface area contributed by atoms with Crippen LogP contribution in [0.1, 0.15) is 0 Å². The summed E-state index contributed by atoms with van der Waals surface area (Å²) in [4.78, 5) is -3.33. The second-order valence-electron chi connectivity index (χ2n) is 2.85. The molecule has 0 radical (unpaired) electrons. The molecule has 0 rings (SSSR count). The minimum Gasteiger partial charge on any atom is -0.211 e. The lowest BCUT2D eigenvalue weighted by atomic mass is 10.3. The summed E-state index contributed by atoms with van der Waals surface area (Å²) in [5, 5.41) is 0. The van der Waals surface area contributed by atoms with E-state index in [0.717, 1.165) is 0 Å². The van der Waals surface area contributed by atoms with Crippen molar-refractivity contribution >= 4 is 0 Å².